The molecule has 166 valence electrons. The number of nitro groups is 2. The van der Waals surface area contributed by atoms with Crippen molar-refractivity contribution in [2.45, 2.75) is 58.7 Å². The van der Waals surface area contributed by atoms with Gasteiger partial charge in [0.15, 0.2) is 5.92 Å². The number of benzene rings is 2. The van der Waals surface area contributed by atoms with Crippen molar-refractivity contribution in [3.8, 4) is 0 Å². The molecule has 0 heterocycles. The minimum absolute atomic E-state index is 0.0186. The molecule has 0 fully saturated rings. The van der Waals surface area contributed by atoms with E-state index in [4.69, 9.17) is 9.47 Å². The van der Waals surface area contributed by atoms with Gasteiger partial charge in [-0.05, 0) is 47.6 Å². The number of carbonyl (C=O) groups is 2. The second-order valence-corrected chi connectivity index (χ2v) is 8.89. The van der Waals surface area contributed by atoms with Gasteiger partial charge in [-0.25, -0.2) is 0 Å². The first-order valence-electron chi connectivity index (χ1n) is 9.42. The lowest BCUT2D eigenvalue weighted by Crippen LogP contribution is -2.36. The van der Waals surface area contributed by atoms with Gasteiger partial charge in [-0.3, -0.25) is 29.8 Å². The summed E-state index contributed by atoms with van der Waals surface area (Å²) in [5.74, 6) is -3.92. The third-order valence-corrected chi connectivity index (χ3v) is 4.01. The van der Waals surface area contributed by atoms with E-state index < -0.39 is 50.3 Å². The van der Waals surface area contributed by atoms with Gasteiger partial charge in [-0.15, -0.1) is 0 Å². The Labute approximate surface area is 178 Å². The van der Waals surface area contributed by atoms with E-state index in [1.54, 1.807) is 41.5 Å². The van der Waals surface area contributed by atoms with Crippen LogP contribution in [-0.2, 0) is 19.1 Å². The second-order valence-electron chi connectivity index (χ2n) is 8.89. The predicted molar refractivity (Wildman–Crippen MR) is 112 cm³/mol. The van der Waals surface area contributed by atoms with Crippen LogP contribution in [0.5, 0.6) is 0 Å². The Morgan fingerprint density at radius 3 is 1.61 bits per heavy atom. The fraction of sp³-hybridized carbons (Fsp3) is 0.429. The molecule has 2 aromatic rings. The van der Waals surface area contributed by atoms with Crippen molar-refractivity contribution in [3.05, 3.63) is 56.1 Å². The number of carbonyl (C=O) groups excluding carboxylic acids is 2. The summed E-state index contributed by atoms with van der Waals surface area (Å²) in [5.41, 5.74) is -3.56. The summed E-state index contributed by atoms with van der Waals surface area (Å²) in [6, 6.07) is 6.54. The summed E-state index contributed by atoms with van der Waals surface area (Å²) in [6.07, 6.45) is 0. The van der Waals surface area contributed by atoms with Crippen LogP contribution in [0.1, 0.15) is 53.0 Å². The largest absolute Gasteiger partial charge is 0.459 e. The van der Waals surface area contributed by atoms with Crippen molar-refractivity contribution in [2.24, 2.45) is 0 Å². The fourth-order valence-electron chi connectivity index (χ4n) is 3.02. The molecule has 0 bridgehead atoms. The molecular weight excluding hydrogens is 408 g/mol. The van der Waals surface area contributed by atoms with Gasteiger partial charge in [-0.2, -0.15) is 0 Å². The first-order chi connectivity index (χ1) is 14.1. The van der Waals surface area contributed by atoms with Gasteiger partial charge in [0.05, 0.1) is 26.9 Å². The highest BCUT2D eigenvalue weighted by molar-refractivity contribution is 6.08. The molecule has 2 aromatic carbocycles. The van der Waals surface area contributed by atoms with Crippen molar-refractivity contribution < 1.29 is 28.9 Å². The first-order valence-corrected chi connectivity index (χ1v) is 9.42. The number of nitro benzene ring substituents is 2. The van der Waals surface area contributed by atoms with Crippen LogP contribution in [0.4, 0.5) is 11.4 Å². The van der Waals surface area contributed by atoms with E-state index >= 15 is 0 Å². The van der Waals surface area contributed by atoms with Gasteiger partial charge < -0.3 is 9.47 Å². The van der Waals surface area contributed by atoms with Crippen LogP contribution in [0.3, 0.4) is 0 Å². The number of non-ortho nitro benzene ring substituents is 1. The van der Waals surface area contributed by atoms with Gasteiger partial charge >= 0.3 is 11.9 Å². The summed E-state index contributed by atoms with van der Waals surface area (Å²) in [4.78, 5) is 47.8. The first kappa shape index (κ1) is 23.7. The average molecular weight is 432 g/mol. The maximum absolute atomic E-state index is 13.0. The molecule has 0 radical (unpaired) electrons. The molecule has 10 nitrogen and oxygen atoms in total. The Morgan fingerprint density at radius 1 is 0.806 bits per heavy atom. The quantitative estimate of drug-likeness (QED) is 0.293. The molecule has 31 heavy (non-hydrogen) atoms. The van der Waals surface area contributed by atoms with E-state index in [0.717, 1.165) is 6.07 Å². The minimum Gasteiger partial charge on any atom is -0.459 e. The molecule has 0 aliphatic heterocycles. The molecule has 0 atom stereocenters. The van der Waals surface area contributed by atoms with Gasteiger partial charge in [-0.1, -0.05) is 18.2 Å². The van der Waals surface area contributed by atoms with E-state index in [1.807, 2.05) is 0 Å². The van der Waals surface area contributed by atoms with E-state index in [-0.39, 0.29) is 16.3 Å². The maximum Gasteiger partial charge on any atom is 0.325 e. The Kier molecular flexibility index (Phi) is 6.34. The summed E-state index contributed by atoms with van der Waals surface area (Å²) >= 11 is 0. The Morgan fingerprint density at radius 2 is 1.23 bits per heavy atom. The van der Waals surface area contributed by atoms with Crippen LogP contribution in [0.15, 0.2) is 30.3 Å². The monoisotopic (exact) mass is 432 g/mol. The third-order valence-electron chi connectivity index (χ3n) is 4.01. The SMILES string of the molecule is CC(C)(C)OC(=O)C(C(=O)OC(C)(C)C)c1c([N+](=O)[O-])cc([N+](=O)[O-])c2ccccc12. The zero-order chi connectivity index (χ0) is 23.7. The van der Waals surface area contributed by atoms with Crippen LogP contribution < -0.4 is 0 Å². The minimum atomic E-state index is -1.82. The Bertz CT molecular complexity index is 1040. The molecule has 10 heteroatoms. The Balaban J connectivity index is 2.91. The van der Waals surface area contributed by atoms with Gasteiger partial charge in [0.2, 0.25) is 0 Å². The fourth-order valence-corrected chi connectivity index (χ4v) is 3.02. The van der Waals surface area contributed by atoms with Crippen molar-refractivity contribution in [3.63, 3.8) is 0 Å². The zero-order valence-corrected chi connectivity index (χ0v) is 18.1. The number of ether oxygens (including phenoxy) is 2. The summed E-state index contributed by atoms with van der Waals surface area (Å²) in [6.45, 7) is 9.50. The molecule has 0 amide bonds. The highest BCUT2D eigenvalue weighted by atomic mass is 16.6. The lowest BCUT2D eigenvalue weighted by Gasteiger charge is -2.26. The van der Waals surface area contributed by atoms with E-state index in [0.29, 0.717) is 0 Å². The molecule has 0 N–H and O–H groups in total. The lowest BCUT2D eigenvalue weighted by molar-refractivity contribution is -0.393. The average Bonchev–Trinajstić information content (AvgIpc) is 2.58. The highest BCUT2D eigenvalue weighted by Gasteiger charge is 2.42. The number of hydrogen-bond acceptors (Lipinski definition) is 8. The van der Waals surface area contributed by atoms with E-state index in [1.165, 1.54) is 24.3 Å². The summed E-state index contributed by atoms with van der Waals surface area (Å²) < 4.78 is 10.7. The van der Waals surface area contributed by atoms with Crippen LogP contribution >= 0.6 is 0 Å². The van der Waals surface area contributed by atoms with Crippen LogP contribution in [-0.4, -0.2) is 33.0 Å². The molecule has 0 aliphatic rings. The van der Waals surface area contributed by atoms with Gasteiger partial charge in [0.1, 0.15) is 11.2 Å². The summed E-state index contributed by atoms with van der Waals surface area (Å²) in [5, 5.41) is 23.4. The molecule has 0 saturated heterocycles. The maximum atomic E-state index is 13.0. The Hall–Kier alpha value is -3.56. The number of rotatable bonds is 5. The molecule has 0 aliphatic carbocycles. The summed E-state index contributed by atoms with van der Waals surface area (Å²) in [7, 11) is 0. The lowest BCUT2D eigenvalue weighted by atomic mass is 9.90. The topological polar surface area (TPSA) is 139 Å². The molecule has 2 rings (SSSR count). The van der Waals surface area contributed by atoms with Crippen molar-refractivity contribution in [2.75, 3.05) is 0 Å². The van der Waals surface area contributed by atoms with Crippen molar-refractivity contribution >= 4 is 34.1 Å². The standard InChI is InChI=1S/C21H24N2O8/c1-20(2,3)30-18(24)17(19(25)31-21(4,5)6)16-13-10-8-7-9-12(13)14(22(26)27)11-15(16)23(28)29/h7-11,17H,1-6H3. The molecule has 0 unspecified atom stereocenters. The van der Waals surface area contributed by atoms with E-state index in [9.17, 15) is 29.8 Å². The van der Waals surface area contributed by atoms with Crippen molar-refractivity contribution in [1.82, 2.24) is 0 Å². The number of esters is 2. The van der Waals surface area contributed by atoms with Crippen LogP contribution in [0.2, 0.25) is 0 Å². The molecule has 0 saturated carbocycles. The van der Waals surface area contributed by atoms with Crippen LogP contribution in [0.25, 0.3) is 10.8 Å². The second kappa shape index (κ2) is 8.29. The van der Waals surface area contributed by atoms with Gasteiger partial charge in [0, 0.05) is 5.39 Å². The molecular formula is C21H24N2O8. The van der Waals surface area contributed by atoms with Gasteiger partial charge in [0.25, 0.3) is 11.4 Å². The highest BCUT2D eigenvalue weighted by Crippen LogP contribution is 2.41. The molecule has 0 spiro atoms. The zero-order valence-electron chi connectivity index (χ0n) is 18.1. The van der Waals surface area contributed by atoms with E-state index in [2.05, 4.69) is 0 Å². The number of nitrogens with zero attached hydrogens (tertiary/aromatic N) is 2. The smallest absolute Gasteiger partial charge is 0.325 e. The number of fused-ring (bicyclic) bond motifs is 1. The number of hydrogen-bond donors (Lipinski definition) is 0. The van der Waals surface area contributed by atoms with Crippen LogP contribution in [0, 0.1) is 20.2 Å². The van der Waals surface area contributed by atoms with Crippen molar-refractivity contribution in [1.29, 1.82) is 0 Å². The third kappa shape index (κ3) is 5.53. The molecule has 0 aromatic heterocycles. The predicted octanol–water partition coefficient (Wildman–Crippen LogP) is 4.42. The normalized spacial score (nSPS) is 12.0.